The van der Waals surface area contributed by atoms with E-state index in [-0.39, 0.29) is 6.61 Å². The molecule has 122 valence electrons. The van der Waals surface area contributed by atoms with Crippen LogP contribution in [0.4, 0.5) is 0 Å². The summed E-state index contributed by atoms with van der Waals surface area (Å²) in [7, 11) is 0. The van der Waals surface area contributed by atoms with Crippen LogP contribution in [0.5, 0.6) is 0 Å². The lowest BCUT2D eigenvalue weighted by molar-refractivity contribution is -0.156. The van der Waals surface area contributed by atoms with Crippen LogP contribution in [0.3, 0.4) is 0 Å². The predicted octanol–water partition coefficient (Wildman–Crippen LogP) is 2.78. The van der Waals surface area contributed by atoms with Gasteiger partial charge in [-0.3, -0.25) is 9.78 Å². The summed E-state index contributed by atoms with van der Waals surface area (Å²) in [6.45, 7) is 1.95. The lowest BCUT2D eigenvalue weighted by Crippen LogP contribution is -2.46. The molecule has 0 spiro atoms. The molecule has 23 heavy (non-hydrogen) atoms. The van der Waals surface area contributed by atoms with Crippen molar-refractivity contribution in [3.8, 4) is 11.3 Å². The monoisotopic (exact) mass is 332 g/mol. The molecule has 2 N–H and O–H groups in total. The van der Waals surface area contributed by atoms with E-state index < -0.39 is 11.4 Å². The van der Waals surface area contributed by atoms with Crippen molar-refractivity contribution in [2.75, 3.05) is 19.8 Å². The van der Waals surface area contributed by atoms with Gasteiger partial charge >= 0.3 is 5.97 Å². The van der Waals surface area contributed by atoms with Crippen LogP contribution >= 0.6 is 11.3 Å². The molecule has 0 saturated carbocycles. The van der Waals surface area contributed by atoms with Gasteiger partial charge in [-0.15, -0.1) is 0 Å². The fraction of sp³-hybridized carbons (Fsp3) is 0.412. The number of rotatable bonds is 6. The van der Waals surface area contributed by atoms with E-state index in [1.165, 1.54) is 0 Å². The summed E-state index contributed by atoms with van der Waals surface area (Å²) in [6.07, 6.45) is 3.29. The van der Waals surface area contributed by atoms with Crippen LogP contribution < -0.4 is 5.32 Å². The Bertz CT molecular complexity index is 634. The molecular formula is C17H20N2O3S. The molecule has 0 radical (unpaired) electrons. The van der Waals surface area contributed by atoms with Gasteiger partial charge in [0.05, 0.1) is 12.3 Å². The lowest BCUT2D eigenvalue weighted by atomic mass is 9.82. The van der Waals surface area contributed by atoms with Gasteiger partial charge in [0, 0.05) is 36.8 Å². The summed E-state index contributed by atoms with van der Waals surface area (Å²) in [5.41, 5.74) is 2.32. The number of carboxylic acid groups (broad SMARTS) is 1. The normalized spacial score (nSPS) is 21.2. The van der Waals surface area contributed by atoms with Gasteiger partial charge in [-0.1, -0.05) is 6.07 Å². The Labute approximate surface area is 139 Å². The molecule has 1 aliphatic heterocycles. The molecular weight excluding hydrogens is 312 g/mol. The van der Waals surface area contributed by atoms with Crippen molar-refractivity contribution >= 4 is 17.3 Å². The first-order valence-electron chi connectivity index (χ1n) is 7.69. The summed E-state index contributed by atoms with van der Waals surface area (Å²) in [6, 6.07) is 6.07. The fourth-order valence-corrected chi connectivity index (χ4v) is 3.44. The number of thiophene rings is 1. The quantitative estimate of drug-likeness (QED) is 0.851. The molecule has 1 unspecified atom stereocenters. The molecule has 1 fully saturated rings. The van der Waals surface area contributed by atoms with E-state index in [1.54, 1.807) is 11.3 Å². The smallest absolute Gasteiger partial charge is 0.313 e. The highest BCUT2D eigenvalue weighted by Crippen LogP contribution is 2.28. The Morgan fingerprint density at radius 3 is 2.96 bits per heavy atom. The Morgan fingerprint density at radius 2 is 2.35 bits per heavy atom. The number of pyridine rings is 1. The fourth-order valence-electron chi connectivity index (χ4n) is 2.79. The van der Waals surface area contributed by atoms with Crippen molar-refractivity contribution in [2.24, 2.45) is 5.41 Å². The van der Waals surface area contributed by atoms with Crippen LogP contribution in [0.25, 0.3) is 11.3 Å². The number of carbonyl (C=O) groups is 1. The van der Waals surface area contributed by atoms with Crippen LogP contribution in [0.15, 0.2) is 35.2 Å². The molecule has 6 heteroatoms. The van der Waals surface area contributed by atoms with Crippen LogP contribution in [0.2, 0.25) is 0 Å². The van der Waals surface area contributed by atoms with E-state index in [4.69, 9.17) is 4.74 Å². The molecule has 0 aromatic carbocycles. The second-order valence-electron chi connectivity index (χ2n) is 5.91. The Balaban J connectivity index is 1.56. The van der Waals surface area contributed by atoms with Gasteiger partial charge in [-0.2, -0.15) is 11.3 Å². The van der Waals surface area contributed by atoms with Gasteiger partial charge in [0.15, 0.2) is 0 Å². The molecule has 3 heterocycles. The number of hydrogen-bond acceptors (Lipinski definition) is 5. The van der Waals surface area contributed by atoms with Crippen molar-refractivity contribution in [3.63, 3.8) is 0 Å². The van der Waals surface area contributed by atoms with E-state index >= 15 is 0 Å². The predicted molar refractivity (Wildman–Crippen MR) is 89.4 cm³/mol. The molecule has 0 amide bonds. The van der Waals surface area contributed by atoms with Crippen molar-refractivity contribution in [2.45, 2.75) is 19.4 Å². The molecule has 2 aromatic rings. The molecule has 3 rings (SSSR count). The third-order valence-corrected chi connectivity index (χ3v) is 4.89. The van der Waals surface area contributed by atoms with E-state index in [0.29, 0.717) is 26.1 Å². The largest absolute Gasteiger partial charge is 0.481 e. The minimum absolute atomic E-state index is 0.282. The van der Waals surface area contributed by atoms with Crippen LogP contribution in [0.1, 0.15) is 18.4 Å². The standard InChI is InChI=1S/C17H20N2O3S/c20-16(21)17(5-1-6-22-12-17)11-18-8-13-2-3-15(19-9-13)14-4-7-23-10-14/h2-4,7,9-10,18H,1,5-6,8,11-12H2,(H,20,21). The third kappa shape index (κ3) is 3.77. The molecule has 0 bridgehead atoms. The summed E-state index contributed by atoms with van der Waals surface area (Å²) in [5.74, 6) is -0.782. The van der Waals surface area contributed by atoms with Crippen LogP contribution in [-0.2, 0) is 16.1 Å². The maximum atomic E-state index is 11.6. The Kier molecular flexibility index (Phi) is 5.05. The highest BCUT2D eigenvalue weighted by Gasteiger charge is 2.40. The number of aliphatic carboxylic acids is 1. The van der Waals surface area contributed by atoms with Gasteiger partial charge in [0.1, 0.15) is 5.41 Å². The van der Waals surface area contributed by atoms with E-state index in [2.05, 4.69) is 15.7 Å². The summed E-state index contributed by atoms with van der Waals surface area (Å²) in [5, 5.41) is 16.8. The zero-order valence-corrected chi connectivity index (χ0v) is 13.6. The highest BCUT2D eigenvalue weighted by molar-refractivity contribution is 7.08. The van der Waals surface area contributed by atoms with E-state index in [9.17, 15) is 9.90 Å². The zero-order chi connectivity index (χ0) is 16.1. The molecule has 0 aliphatic carbocycles. The maximum Gasteiger partial charge on any atom is 0.313 e. The second-order valence-corrected chi connectivity index (χ2v) is 6.69. The molecule has 1 aliphatic rings. The number of ether oxygens (including phenoxy) is 1. The summed E-state index contributed by atoms with van der Waals surface area (Å²) in [4.78, 5) is 16.0. The van der Waals surface area contributed by atoms with E-state index in [0.717, 1.165) is 23.2 Å². The van der Waals surface area contributed by atoms with Crippen molar-refractivity contribution in [1.29, 1.82) is 0 Å². The Morgan fingerprint density at radius 1 is 1.43 bits per heavy atom. The van der Waals surface area contributed by atoms with Gasteiger partial charge in [0.25, 0.3) is 0 Å². The van der Waals surface area contributed by atoms with Crippen LogP contribution in [0, 0.1) is 5.41 Å². The Hall–Kier alpha value is -1.76. The van der Waals surface area contributed by atoms with Crippen molar-refractivity contribution in [3.05, 3.63) is 40.7 Å². The van der Waals surface area contributed by atoms with Gasteiger partial charge in [-0.05, 0) is 35.9 Å². The first-order chi connectivity index (χ1) is 11.2. The number of aromatic nitrogens is 1. The number of nitrogens with one attached hydrogen (secondary N) is 1. The molecule has 1 atom stereocenters. The van der Waals surface area contributed by atoms with Crippen molar-refractivity contribution in [1.82, 2.24) is 10.3 Å². The number of nitrogens with zero attached hydrogens (tertiary/aromatic N) is 1. The summed E-state index contributed by atoms with van der Waals surface area (Å²) >= 11 is 1.65. The SMILES string of the molecule is O=C(O)C1(CNCc2ccc(-c3ccsc3)nc2)CCCOC1. The average Bonchev–Trinajstić information content (AvgIpc) is 3.11. The maximum absolute atomic E-state index is 11.6. The minimum atomic E-state index is -0.803. The van der Waals surface area contributed by atoms with Gasteiger partial charge < -0.3 is 15.2 Å². The minimum Gasteiger partial charge on any atom is -0.481 e. The van der Waals surface area contributed by atoms with Gasteiger partial charge in [0.2, 0.25) is 0 Å². The third-order valence-electron chi connectivity index (χ3n) is 4.21. The number of hydrogen-bond donors (Lipinski definition) is 2. The van der Waals surface area contributed by atoms with Crippen LogP contribution in [-0.4, -0.2) is 35.8 Å². The molecule has 5 nitrogen and oxygen atoms in total. The first-order valence-corrected chi connectivity index (χ1v) is 8.63. The second kappa shape index (κ2) is 7.21. The number of carboxylic acids is 1. The van der Waals surface area contributed by atoms with Crippen molar-refractivity contribution < 1.29 is 14.6 Å². The zero-order valence-electron chi connectivity index (χ0n) is 12.8. The van der Waals surface area contributed by atoms with E-state index in [1.807, 2.05) is 29.8 Å². The topological polar surface area (TPSA) is 71.5 Å². The first kappa shape index (κ1) is 16.1. The van der Waals surface area contributed by atoms with Gasteiger partial charge in [-0.25, -0.2) is 0 Å². The molecule has 1 saturated heterocycles. The lowest BCUT2D eigenvalue weighted by Gasteiger charge is -2.33. The highest BCUT2D eigenvalue weighted by atomic mass is 32.1. The molecule has 2 aromatic heterocycles. The summed E-state index contributed by atoms with van der Waals surface area (Å²) < 4.78 is 5.37. The average molecular weight is 332 g/mol.